The Balaban J connectivity index is 1.68. The first-order valence-electron chi connectivity index (χ1n) is 7.29. The van der Waals surface area contributed by atoms with Gasteiger partial charge in [0, 0.05) is 17.8 Å². The van der Waals surface area contributed by atoms with Gasteiger partial charge in [-0.3, -0.25) is 4.90 Å². The summed E-state index contributed by atoms with van der Waals surface area (Å²) in [6.45, 7) is 6.43. The molecule has 0 spiro atoms. The predicted octanol–water partition coefficient (Wildman–Crippen LogP) is 3.74. The molecule has 0 amide bonds. The van der Waals surface area contributed by atoms with E-state index in [0.29, 0.717) is 12.0 Å². The van der Waals surface area contributed by atoms with Crippen LogP contribution in [-0.4, -0.2) is 23.0 Å². The molecule has 3 fully saturated rings. The summed E-state index contributed by atoms with van der Waals surface area (Å²) in [7, 11) is 0. The van der Waals surface area contributed by atoms with Crippen molar-refractivity contribution >= 4 is 10.9 Å². The SMILES string of the molecule is C=C[C@@H]1CN2CC[C@@H]1C[C@@H]2c1cc2ccccc2[nH]1. The molecule has 5 rings (SSSR count). The van der Waals surface area contributed by atoms with Gasteiger partial charge < -0.3 is 4.98 Å². The molecule has 98 valence electrons. The number of aromatic nitrogens is 1. The summed E-state index contributed by atoms with van der Waals surface area (Å²) in [5.41, 5.74) is 2.66. The normalized spacial score (nSPS) is 33.7. The quantitative estimate of drug-likeness (QED) is 0.807. The Morgan fingerprint density at radius 3 is 2.95 bits per heavy atom. The van der Waals surface area contributed by atoms with E-state index in [1.807, 2.05) is 0 Å². The van der Waals surface area contributed by atoms with Crippen molar-refractivity contribution in [1.82, 2.24) is 9.88 Å². The number of aromatic amines is 1. The molecule has 2 heteroatoms. The monoisotopic (exact) mass is 252 g/mol. The fraction of sp³-hybridized carbons (Fsp3) is 0.412. The van der Waals surface area contributed by atoms with Crippen LogP contribution in [-0.2, 0) is 0 Å². The van der Waals surface area contributed by atoms with Gasteiger partial charge in [0.05, 0.1) is 6.04 Å². The molecule has 1 unspecified atom stereocenters. The molecule has 0 radical (unpaired) electrons. The van der Waals surface area contributed by atoms with E-state index in [9.17, 15) is 0 Å². The summed E-state index contributed by atoms with van der Waals surface area (Å²) in [6, 6.07) is 11.5. The van der Waals surface area contributed by atoms with Crippen LogP contribution in [0.5, 0.6) is 0 Å². The third kappa shape index (κ3) is 1.74. The highest BCUT2D eigenvalue weighted by Gasteiger charge is 2.39. The van der Waals surface area contributed by atoms with Crippen LogP contribution in [0.25, 0.3) is 10.9 Å². The lowest BCUT2D eigenvalue weighted by Crippen LogP contribution is -2.48. The molecule has 4 heterocycles. The standard InChI is InChI=1S/C17H20N2/c1-2-12-11-19-8-7-13(12)10-17(19)16-9-14-5-3-4-6-15(14)18-16/h2-6,9,12-13,17-18H,1,7-8,10-11H2/t12-,13-,17-/m1/s1. The van der Waals surface area contributed by atoms with Crippen LogP contribution in [0.1, 0.15) is 24.6 Å². The Bertz CT molecular complexity index is 580. The average Bonchev–Trinajstić information content (AvgIpc) is 2.91. The molecule has 4 atom stereocenters. The Morgan fingerprint density at radius 1 is 1.32 bits per heavy atom. The second-order valence-electron chi connectivity index (χ2n) is 6.01. The minimum atomic E-state index is 0.586. The molecule has 1 N–H and O–H groups in total. The number of nitrogens with zero attached hydrogens (tertiary/aromatic N) is 1. The van der Waals surface area contributed by atoms with E-state index in [2.05, 4.69) is 52.9 Å². The maximum Gasteiger partial charge on any atom is 0.0501 e. The summed E-state index contributed by atoms with van der Waals surface area (Å²) in [5.74, 6) is 1.54. The van der Waals surface area contributed by atoms with Crippen LogP contribution < -0.4 is 0 Å². The molecule has 2 nitrogen and oxygen atoms in total. The number of piperidine rings is 3. The lowest BCUT2D eigenvalue weighted by molar-refractivity contribution is 0.0167. The molecule has 1 aromatic heterocycles. The second-order valence-corrected chi connectivity index (χ2v) is 6.01. The molecule has 0 saturated carbocycles. The van der Waals surface area contributed by atoms with Gasteiger partial charge >= 0.3 is 0 Å². The zero-order chi connectivity index (χ0) is 12.8. The van der Waals surface area contributed by atoms with Crippen molar-refractivity contribution in [3.8, 4) is 0 Å². The van der Waals surface area contributed by atoms with Gasteiger partial charge in [0.25, 0.3) is 0 Å². The van der Waals surface area contributed by atoms with Crippen molar-refractivity contribution in [3.63, 3.8) is 0 Å². The number of hydrogen-bond donors (Lipinski definition) is 1. The summed E-state index contributed by atoms with van der Waals surface area (Å²) < 4.78 is 0. The van der Waals surface area contributed by atoms with Crippen molar-refractivity contribution in [1.29, 1.82) is 0 Å². The van der Waals surface area contributed by atoms with Crippen molar-refractivity contribution < 1.29 is 0 Å². The first kappa shape index (κ1) is 11.3. The van der Waals surface area contributed by atoms with Gasteiger partial charge in [0.1, 0.15) is 0 Å². The first-order valence-corrected chi connectivity index (χ1v) is 7.29. The molecule has 19 heavy (non-hydrogen) atoms. The number of para-hydroxylation sites is 1. The lowest BCUT2D eigenvalue weighted by Gasteiger charge is -2.48. The van der Waals surface area contributed by atoms with Crippen LogP contribution in [0.2, 0.25) is 0 Å². The fourth-order valence-electron chi connectivity index (χ4n) is 3.93. The molecule has 2 bridgehead atoms. The van der Waals surface area contributed by atoms with Crippen molar-refractivity contribution in [2.24, 2.45) is 11.8 Å². The predicted molar refractivity (Wildman–Crippen MR) is 79.0 cm³/mol. The first-order chi connectivity index (χ1) is 9.35. The highest BCUT2D eigenvalue weighted by molar-refractivity contribution is 5.80. The third-order valence-corrected chi connectivity index (χ3v) is 5.02. The van der Waals surface area contributed by atoms with E-state index < -0.39 is 0 Å². The minimum absolute atomic E-state index is 0.586. The Labute approximate surface area is 114 Å². The fourth-order valence-corrected chi connectivity index (χ4v) is 3.93. The summed E-state index contributed by atoms with van der Waals surface area (Å²) in [4.78, 5) is 6.25. The maximum atomic E-state index is 4.00. The van der Waals surface area contributed by atoms with Crippen LogP contribution in [0.15, 0.2) is 43.0 Å². The molecule has 0 aliphatic carbocycles. The van der Waals surface area contributed by atoms with E-state index in [1.54, 1.807) is 0 Å². The van der Waals surface area contributed by atoms with E-state index in [1.165, 1.54) is 42.5 Å². The van der Waals surface area contributed by atoms with Crippen molar-refractivity contribution in [2.75, 3.05) is 13.1 Å². The van der Waals surface area contributed by atoms with Gasteiger partial charge in [-0.2, -0.15) is 0 Å². The molecule has 3 saturated heterocycles. The number of H-pyrrole nitrogens is 1. The second kappa shape index (κ2) is 4.24. The Hall–Kier alpha value is -1.54. The van der Waals surface area contributed by atoms with Gasteiger partial charge in [-0.1, -0.05) is 24.3 Å². The van der Waals surface area contributed by atoms with Crippen LogP contribution >= 0.6 is 0 Å². The Kier molecular flexibility index (Phi) is 2.52. The smallest absolute Gasteiger partial charge is 0.0501 e. The Morgan fingerprint density at radius 2 is 2.21 bits per heavy atom. The van der Waals surface area contributed by atoms with Crippen LogP contribution in [0.4, 0.5) is 0 Å². The maximum absolute atomic E-state index is 4.00. The van der Waals surface area contributed by atoms with Gasteiger partial charge in [-0.15, -0.1) is 6.58 Å². The zero-order valence-corrected chi connectivity index (χ0v) is 11.2. The van der Waals surface area contributed by atoms with Gasteiger partial charge in [0.15, 0.2) is 0 Å². The molecular formula is C17H20N2. The topological polar surface area (TPSA) is 19.0 Å². The number of hydrogen-bond acceptors (Lipinski definition) is 1. The summed E-state index contributed by atoms with van der Waals surface area (Å²) >= 11 is 0. The van der Waals surface area contributed by atoms with Crippen molar-refractivity contribution in [3.05, 3.63) is 48.7 Å². The molecular weight excluding hydrogens is 232 g/mol. The highest BCUT2D eigenvalue weighted by atomic mass is 15.2. The van der Waals surface area contributed by atoms with Gasteiger partial charge in [0.2, 0.25) is 0 Å². The average molecular weight is 252 g/mol. The van der Waals surface area contributed by atoms with E-state index in [-0.39, 0.29) is 0 Å². The number of rotatable bonds is 2. The largest absolute Gasteiger partial charge is 0.357 e. The van der Waals surface area contributed by atoms with Crippen LogP contribution in [0, 0.1) is 11.8 Å². The molecule has 1 aromatic carbocycles. The number of nitrogens with one attached hydrogen (secondary N) is 1. The number of fused-ring (bicyclic) bond motifs is 4. The van der Waals surface area contributed by atoms with Gasteiger partial charge in [-0.25, -0.2) is 0 Å². The van der Waals surface area contributed by atoms with E-state index >= 15 is 0 Å². The lowest BCUT2D eigenvalue weighted by atomic mass is 9.75. The zero-order valence-electron chi connectivity index (χ0n) is 11.2. The van der Waals surface area contributed by atoms with Crippen LogP contribution in [0.3, 0.4) is 0 Å². The summed E-state index contributed by atoms with van der Waals surface area (Å²) in [6.07, 6.45) is 4.79. The number of benzene rings is 1. The van der Waals surface area contributed by atoms with Gasteiger partial charge in [-0.05, 0) is 48.7 Å². The third-order valence-electron chi connectivity index (χ3n) is 5.02. The van der Waals surface area contributed by atoms with E-state index in [4.69, 9.17) is 0 Å². The minimum Gasteiger partial charge on any atom is -0.357 e. The van der Waals surface area contributed by atoms with E-state index in [0.717, 1.165) is 5.92 Å². The molecule has 2 aromatic rings. The molecule has 3 aliphatic heterocycles. The van der Waals surface area contributed by atoms with Crippen molar-refractivity contribution in [2.45, 2.75) is 18.9 Å². The highest BCUT2D eigenvalue weighted by Crippen LogP contribution is 2.43. The summed E-state index contributed by atoms with van der Waals surface area (Å²) in [5, 5.41) is 1.33. The molecule has 3 aliphatic rings.